The average Bonchev–Trinajstić information content (AvgIpc) is 2.27. The molecular formula is C11H10ClFN2. The van der Waals surface area contributed by atoms with Gasteiger partial charge in [-0.15, -0.1) is 0 Å². The number of nitrogens with two attached hydrogens (primary N) is 1. The number of benzene rings is 1. The number of halogens is 2. The highest BCUT2D eigenvalue weighted by Gasteiger charge is 2.11. The van der Waals surface area contributed by atoms with Gasteiger partial charge in [0.05, 0.1) is 11.6 Å². The van der Waals surface area contributed by atoms with E-state index in [-0.39, 0.29) is 5.15 Å². The van der Waals surface area contributed by atoms with E-state index in [2.05, 4.69) is 4.98 Å². The molecule has 0 bridgehead atoms. The molecule has 78 valence electrons. The zero-order chi connectivity index (χ0) is 10.8. The highest BCUT2D eigenvalue weighted by Crippen LogP contribution is 2.24. The summed E-state index contributed by atoms with van der Waals surface area (Å²) in [5, 5.41) is 1.19. The molecule has 2 aromatic rings. The van der Waals surface area contributed by atoms with Crippen molar-refractivity contribution in [2.45, 2.75) is 6.04 Å². The molecule has 1 heterocycles. The van der Waals surface area contributed by atoms with E-state index in [1.807, 2.05) is 24.3 Å². The highest BCUT2D eigenvalue weighted by molar-refractivity contribution is 6.30. The molecule has 0 saturated heterocycles. The van der Waals surface area contributed by atoms with Crippen LogP contribution in [0.1, 0.15) is 11.6 Å². The van der Waals surface area contributed by atoms with Crippen molar-refractivity contribution in [1.82, 2.24) is 4.98 Å². The van der Waals surface area contributed by atoms with Gasteiger partial charge >= 0.3 is 0 Å². The van der Waals surface area contributed by atoms with Crippen LogP contribution in [0.4, 0.5) is 4.39 Å². The Labute approximate surface area is 91.9 Å². The van der Waals surface area contributed by atoms with Crippen LogP contribution in [0.2, 0.25) is 5.15 Å². The molecule has 15 heavy (non-hydrogen) atoms. The van der Waals surface area contributed by atoms with Gasteiger partial charge in [-0.25, -0.2) is 9.37 Å². The summed E-state index contributed by atoms with van der Waals surface area (Å²) in [6, 6.07) is 8.60. The van der Waals surface area contributed by atoms with Crippen molar-refractivity contribution in [2.75, 3.05) is 6.67 Å². The number of aromatic nitrogens is 1. The molecule has 0 aliphatic rings. The molecule has 1 atom stereocenters. The van der Waals surface area contributed by atoms with E-state index in [1.165, 1.54) is 0 Å². The highest BCUT2D eigenvalue weighted by atomic mass is 35.5. The maximum absolute atomic E-state index is 12.4. The van der Waals surface area contributed by atoms with Crippen molar-refractivity contribution in [3.63, 3.8) is 0 Å². The van der Waals surface area contributed by atoms with Gasteiger partial charge in [-0.2, -0.15) is 0 Å². The van der Waals surface area contributed by atoms with E-state index in [1.54, 1.807) is 6.07 Å². The Morgan fingerprint density at radius 2 is 2.13 bits per heavy atom. The van der Waals surface area contributed by atoms with Crippen molar-refractivity contribution >= 4 is 22.5 Å². The first kappa shape index (κ1) is 10.3. The molecule has 0 amide bonds. The Morgan fingerprint density at radius 1 is 1.40 bits per heavy atom. The second-order valence-electron chi connectivity index (χ2n) is 3.32. The lowest BCUT2D eigenvalue weighted by Crippen LogP contribution is -2.13. The van der Waals surface area contributed by atoms with E-state index in [4.69, 9.17) is 17.3 Å². The molecule has 2 rings (SSSR count). The number of nitrogens with zero attached hydrogens (tertiary/aromatic N) is 1. The summed E-state index contributed by atoms with van der Waals surface area (Å²) >= 11 is 5.92. The van der Waals surface area contributed by atoms with E-state index >= 15 is 0 Å². The minimum atomic E-state index is -0.699. The lowest BCUT2D eigenvalue weighted by atomic mass is 10.1. The van der Waals surface area contributed by atoms with Crippen LogP contribution in [0.15, 0.2) is 30.3 Å². The van der Waals surface area contributed by atoms with Gasteiger partial charge in [0.25, 0.3) is 0 Å². The molecule has 0 unspecified atom stereocenters. The van der Waals surface area contributed by atoms with E-state index in [9.17, 15) is 4.39 Å². The van der Waals surface area contributed by atoms with Crippen LogP contribution in [-0.4, -0.2) is 11.7 Å². The molecular weight excluding hydrogens is 215 g/mol. The third-order valence-corrected chi connectivity index (χ3v) is 2.57. The van der Waals surface area contributed by atoms with Crippen LogP contribution in [0.3, 0.4) is 0 Å². The number of pyridine rings is 1. The third kappa shape index (κ3) is 1.94. The molecule has 0 aliphatic carbocycles. The fraction of sp³-hybridized carbons (Fsp3) is 0.182. The SMILES string of the molecule is N[C@@H](CF)c1cc2ccccc2nc1Cl. The van der Waals surface area contributed by atoms with Gasteiger partial charge in [0, 0.05) is 10.9 Å². The summed E-state index contributed by atoms with van der Waals surface area (Å²) in [7, 11) is 0. The van der Waals surface area contributed by atoms with Gasteiger partial charge in [-0.05, 0) is 12.1 Å². The van der Waals surface area contributed by atoms with Crippen molar-refractivity contribution in [1.29, 1.82) is 0 Å². The maximum atomic E-state index is 12.4. The van der Waals surface area contributed by atoms with Gasteiger partial charge < -0.3 is 5.73 Å². The fourth-order valence-electron chi connectivity index (χ4n) is 1.45. The van der Waals surface area contributed by atoms with E-state index in [0.29, 0.717) is 5.56 Å². The predicted octanol–water partition coefficient (Wildman–Crippen LogP) is 2.86. The lowest BCUT2D eigenvalue weighted by Gasteiger charge is -2.10. The van der Waals surface area contributed by atoms with Crippen molar-refractivity contribution < 1.29 is 4.39 Å². The fourth-order valence-corrected chi connectivity index (χ4v) is 1.74. The maximum Gasteiger partial charge on any atom is 0.134 e. The van der Waals surface area contributed by atoms with Crippen LogP contribution in [0.5, 0.6) is 0 Å². The minimum absolute atomic E-state index is 0.277. The molecule has 1 aromatic carbocycles. The largest absolute Gasteiger partial charge is 0.322 e. The molecule has 1 aromatic heterocycles. The number of para-hydroxylation sites is 1. The molecule has 2 N–H and O–H groups in total. The van der Waals surface area contributed by atoms with E-state index in [0.717, 1.165) is 10.9 Å². The van der Waals surface area contributed by atoms with Crippen LogP contribution in [0.25, 0.3) is 10.9 Å². The third-order valence-electron chi connectivity index (χ3n) is 2.27. The molecule has 4 heteroatoms. The number of hydrogen-bond acceptors (Lipinski definition) is 2. The summed E-state index contributed by atoms with van der Waals surface area (Å²) in [6.07, 6.45) is 0. The van der Waals surface area contributed by atoms with Gasteiger partial charge in [-0.1, -0.05) is 29.8 Å². The second kappa shape index (κ2) is 4.13. The molecule has 0 saturated carbocycles. The van der Waals surface area contributed by atoms with Crippen LogP contribution in [0, 0.1) is 0 Å². The van der Waals surface area contributed by atoms with Crippen molar-refractivity contribution in [3.8, 4) is 0 Å². The monoisotopic (exact) mass is 224 g/mol. The Balaban J connectivity index is 2.61. The molecule has 2 nitrogen and oxygen atoms in total. The predicted molar refractivity (Wildman–Crippen MR) is 59.7 cm³/mol. The van der Waals surface area contributed by atoms with E-state index < -0.39 is 12.7 Å². The first-order valence-corrected chi connectivity index (χ1v) is 4.97. The van der Waals surface area contributed by atoms with Crippen molar-refractivity contribution in [3.05, 3.63) is 41.0 Å². The molecule has 0 radical (unpaired) electrons. The average molecular weight is 225 g/mol. The van der Waals surface area contributed by atoms with Crippen LogP contribution >= 0.6 is 11.6 Å². The number of hydrogen-bond donors (Lipinski definition) is 1. The molecule has 0 fully saturated rings. The Hall–Kier alpha value is -1.19. The topological polar surface area (TPSA) is 38.9 Å². The summed E-state index contributed by atoms with van der Waals surface area (Å²) in [5.41, 5.74) is 6.93. The molecule has 0 spiro atoms. The second-order valence-corrected chi connectivity index (χ2v) is 3.68. The Bertz CT molecular complexity index is 487. The summed E-state index contributed by atoms with van der Waals surface area (Å²) in [6.45, 7) is -0.639. The van der Waals surface area contributed by atoms with Gasteiger partial charge in [0.2, 0.25) is 0 Å². The number of alkyl halides is 1. The smallest absolute Gasteiger partial charge is 0.134 e. The zero-order valence-corrected chi connectivity index (χ0v) is 8.71. The normalized spacial score (nSPS) is 13.0. The summed E-state index contributed by atoms with van der Waals surface area (Å²) < 4.78 is 12.4. The van der Waals surface area contributed by atoms with Crippen molar-refractivity contribution in [2.24, 2.45) is 5.73 Å². The quantitative estimate of drug-likeness (QED) is 0.797. The zero-order valence-electron chi connectivity index (χ0n) is 7.95. The summed E-state index contributed by atoms with van der Waals surface area (Å²) in [5.74, 6) is 0. The number of rotatable bonds is 2. The summed E-state index contributed by atoms with van der Waals surface area (Å²) in [4.78, 5) is 4.16. The van der Waals surface area contributed by atoms with Crippen LogP contribution in [-0.2, 0) is 0 Å². The lowest BCUT2D eigenvalue weighted by molar-refractivity contribution is 0.437. The van der Waals surface area contributed by atoms with Gasteiger partial charge in [0.15, 0.2) is 0 Å². The van der Waals surface area contributed by atoms with Gasteiger partial charge in [-0.3, -0.25) is 0 Å². The first-order valence-electron chi connectivity index (χ1n) is 4.59. The Morgan fingerprint density at radius 3 is 2.87 bits per heavy atom. The Kier molecular flexibility index (Phi) is 2.84. The minimum Gasteiger partial charge on any atom is -0.322 e. The number of fused-ring (bicyclic) bond motifs is 1. The van der Waals surface area contributed by atoms with Gasteiger partial charge in [0.1, 0.15) is 11.8 Å². The molecule has 0 aliphatic heterocycles. The standard InChI is InChI=1S/C11H10ClFN2/c12-11-8(9(14)6-13)5-7-3-1-2-4-10(7)15-11/h1-5,9H,6,14H2/t9-/m0/s1. The first-order chi connectivity index (χ1) is 7.22. The van der Waals surface area contributed by atoms with Crippen LogP contribution < -0.4 is 5.73 Å².